The summed E-state index contributed by atoms with van der Waals surface area (Å²) in [4.78, 5) is 14.7. The molecule has 3 atom stereocenters. The molecule has 0 saturated carbocycles. The first-order chi connectivity index (χ1) is 12.4. The minimum Gasteiger partial charge on any atom is -0.497 e. The number of benzene rings is 1. The zero-order valence-electron chi connectivity index (χ0n) is 16.6. The molecular weight excluding hydrogens is 328 g/mol. The van der Waals surface area contributed by atoms with Gasteiger partial charge in [0.25, 0.3) is 0 Å². The third-order valence-electron chi connectivity index (χ3n) is 4.72. The topological polar surface area (TPSA) is 50.8 Å². The average Bonchev–Trinajstić information content (AvgIpc) is 2.58. The van der Waals surface area contributed by atoms with E-state index in [0.717, 1.165) is 42.8 Å². The highest BCUT2D eigenvalue weighted by Crippen LogP contribution is 2.25. The molecule has 1 amide bonds. The van der Waals surface area contributed by atoms with Crippen LogP contribution in [0.5, 0.6) is 11.5 Å². The maximum atomic E-state index is 12.2. The molecule has 0 aromatic heterocycles. The monoisotopic (exact) mass is 360 g/mol. The Kier molecular flexibility index (Phi) is 7.51. The summed E-state index contributed by atoms with van der Waals surface area (Å²) in [5, 5.41) is 3.05. The lowest BCUT2D eigenvalue weighted by Crippen LogP contribution is -2.46. The molecule has 1 aliphatic heterocycles. The van der Waals surface area contributed by atoms with E-state index in [-0.39, 0.29) is 11.9 Å². The minimum atomic E-state index is -0.0894. The number of rotatable bonds is 7. The highest BCUT2D eigenvalue weighted by molar-refractivity contribution is 5.92. The number of carbonyl (C=O) groups excluding carboxylic acids is 1. The van der Waals surface area contributed by atoms with Crippen molar-refractivity contribution in [3.05, 3.63) is 29.8 Å². The smallest absolute Gasteiger partial charge is 0.244 e. The lowest BCUT2D eigenvalue weighted by Gasteiger charge is -2.36. The average molecular weight is 360 g/mol. The maximum absolute atomic E-state index is 12.2. The second kappa shape index (κ2) is 9.62. The number of piperidine rings is 1. The second-order valence-corrected chi connectivity index (χ2v) is 7.52. The van der Waals surface area contributed by atoms with Crippen LogP contribution in [0.1, 0.15) is 32.8 Å². The highest BCUT2D eigenvalue weighted by Gasteiger charge is 2.23. The summed E-state index contributed by atoms with van der Waals surface area (Å²) in [6.07, 6.45) is 4.62. The van der Waals surface area contributed by atoms with Crippen LogP contribution in [0, 0.1) is 11.8 Å². The quantitative estimate of drug-likeness (QED) is 0.759. The van der Waals surface area contributed by atoms with Crippen LogP contribution >= 0.6 is 0 Å². The van der Waals surface area contributed by atoms with Crippen LogP contribution in [0.15, 0.2) is 24.3 Å². The van der Waals surface area contributed by atoms with Crippen LogP contribution in [0.2, 0.25) is 0 Å². The van der Waals surface area contributed by atoms with Crippen molar-refractivity contribution in [1.82, 2.24) is 10.2 Å². The number of likely N-dealkylation sites (tertiary alicyclic amines) is 1. The SMILES string of the molecule is COc1ccc(/C=C/C(=O)NC(C)CN2CC(C)CC(C)C2)c(OC)c1. The summed E-state index contributed by atoms with van der Waals surface area (Å²) in [7, 11) is 3.22. The predicted molar refractivity (Wildman–Crippen MR) is 106 cm³/mol. The van der Waals surface area contributed by atoms with Crippen molar-refractivity contribution in [2.75, 3.05) is 33.9 Å². The van der Waals surface area contributed by atoms with Crippen LogP contribution < -0.4 is 14.8 Å². The van der Waals surface area contributed by atoms with Crippen LogP contribution in [0.4, 0.5) is 0 Å². The van der Waals surface area contributed by atoms with Crippen molar-refractivity contribution in [3.63, 3.8) is 0 Å². The summed E-state index contributed by atoms with van der Waals surface area (Å²) >= 11 is 0. The van der Waals surface area contributed by atoms with Gasteiger partial charge in [0.2, 0.25) is 5.91 Å². The molecule has 5 heteroatoms. The molecule has 3 unspecified atom stereocenters. The molecule has 1 aliphatic rings. The fourth-order valence-electron chi connectivity index (χ4n) is 3.79. The van der Waals surface area contributed by atoms with Crippen molar-refractivity contribution >= 4 is 12.0 Å². The summed E-state index contributed by atoms with van der Waals surface area (Å²) < 4.78 is 10.5. The fraction of sp³-hybridized carbons (Fsp3) is 0.571. The van der Waals surface area contributed by atoms with Gasteiger partial charge in [-0.3, -0.25) is 4.79 Å². The number of amides is 1. The standard InChI is InChI=1S/C21H32N2O3/c1-15-10-16(2)13-23(12-15)14-17(3)22-21(24)9-7-18-6-8-19(25-4)11-20(18)26-5/h6-9,11,15-17H,10,12-14H2,1-5H3,(H,22,24)/b9-7+. The van der Waals surface area contributed by atoms with Crippen molar-refractivity contribution in [1.29, 1.82) is 0 Å². The van der Waals surface area contributed by atoms with Gasteiger partial charge in [-0.2, -0.15) is 0 Å². The summed E-state index contributed by atoms with van der Waals surface area (Å²) in [5.74, 6) is 2.77. The Labute approximate surface area is 157 Å². The molecule has 0 aliphatic carbocycles. The molecule has 2 rings (SSSR count). The molecule has 1 saturated heterocycles. The summed E-state index contributed by atoms with van der Waals surface area (Å²) in [6.45, 7) is 9.78. The largest absolute Gasteiger partial charge is 0.497 e. The molecule has 144 valence electrons. The lowest BCUT2D eigenvalue weighted by atomic mass is 9.92. The molecule has 1 aromatic carbocycles. The molecule has 1 heterocycles. The fourth-order valence-corrected chi connectivity index (χ4v) is 3.79. The van der Waals surface area contributed by atoms with Gasteiger partial charge in [0.15, 0.2) is 0 Å². The third-order valence-corrected chi connectivity index (χ3v) is 4.72. The first kappa shape index (κ1) is 20.3. The van der Waals surface area contributed by atoms with Gasteiger partial charge in [0.05, 0.1) is 14.2 Å². The van der Waals surface area contributed by atoms with E-state index in [2.05, 4.69) is 31.0 Å². The van der Waals surface area contributed by atoms with Crippen molar-refractivity contribution in [3.8, 4) is 11.5 Å². The number of hydrogen-bond acceptors (Lipinski definition) is 4. The van der Waals surface area contributed by atoms with E-state index in [4.69, 9.17) is 9.47 Å². The van der Waals surface area contributed by atoms with Crippen molar-refractivity contribution in [2.24, 2.45) is 11.8 Å². The van der Waals surface area contributed by atoms with E-state index in [1.165, 1.54) is 6.42 Å². The van der Waals surface area contributed by atoms with Crippen LogP contribution in [0.25, 0.3) is 6.08 Å². The van der Waals surface area contributed by atoms with Crippen molar-refractivity contribution in [2.45, 2.75) is 33.2 Å². The van der Waals surface area contributed by atoms with Gasteiger partial charge in [0, 0.05) is 43.4 Å². The molecular formula is C21H32N2O3. The number of ether oxygens (including phenoxy) is 2. The van der Waals surface area contributed by atoms with E-state index in [0.29, 0.717) is 5.75 Å². The first-order valence-electron chi connectivity index (χ1n) is 9.34. The summed E-state index contributed by atoms with van der Waals surface area (Å²) in [6, 6.07) is 5.64. The number of hydrogen-bond donors (Lipinski definition) is 1. The van der Waals surface area contributed by atoms with Gasteiger partial charge < -0.3 is 19.7 Å². The number of methoxy groups -OCH3 is 2. The molecule has 26 heavy (non-hydrogen) atoms. The van der Waals surface area contributed by atoms with E-state index < -0.39 is 0 Å². The molecule has 1 aromatic rings. The Hall–Kier alpha value is -2.01. The molecule has 1 N–H and O–H groups in total. The van der Waals surface area contributed by atoms with Gasteiger partial charge in [-0.15, -0.1) is 0 Å². The van der Waals surface area contributed by atoms with Gasteiger partial charge in [-0.25, -0.2) is 0 Å². The molecule has 0 spiro atoms. The van der Waals surface area contributed by atoms with E-state index >= 15 is 0 Å². The van der Waals surface area contributed by atoms with Crippen molar-refractivity contribution < 1.29 is 14.3 Å². The molecule has 0 radical (unpaired) electrons. The van der Waals surface area contributed by atoms with E-state index in [1.54, 1.807) is 32.4 Å². The lowest BCUT2D eigenvalue weighted by molar-refractivity contribution is -0.117. The first-order valence-corrected chi connectivity index (χ1v) is 9.34. The molecule has 0 bridgehead atoms. The Morgan fingerprint density at radius 3 is 2.58 bits per heavy atom. The van der Waals surface area contributed by atoms with E-state index in [1.807, 2.05) is 12.1 Å². The normalized spacial score (nSPS) is 22.2. The second-order valence-electron chi connectivity index (χ2n) is 7.52. The van der Waals surface area contributed by atoms with Crippen LogP contribution in [-0.2, 0) is 4.79 Å². The zero-order valence-corrected chi connectivity index (χ0v) is 16.6. The van der Waals surface area contributed by atoms with Crippen LogP contribution in [-0.4, -0.2) is 50.7 Å². The Bertz CT molecular complexity index is 620. The van der Waals surface area contributed by atoms with Gasteiger partial charge >= 0.3 is 0 Å². The van der Waals surface area contributed by atoms with Gasteiger partial charge in [0.1, 0.15) is 11.5 Å². The third kappa shape index (κ3) is 6.06. The number of nitrogens with zero attached hydrogens (tertiary/aromatic N) is 1. The van der Waals surface area contributed by atoms with Crippen LogP contribution in [0.3, 0.4) is 0 Å². The Morgan fingerprint density at radius 1 is 1.27 bits per heavy atom. The van der Waals surface area contributed by atoms with Gasteiger partial charge in [-0.1, -0.05) is 13.8 Å². The van der Waals surface area contributed by atoms with Gasteiger partial charge in [-0.05, 0) is 43.4 Å². The minimum absolute atomic E-state index is 0.0894. The molecule has 1 fully saturated rings. The highest BCUT2D eigenvalue weighted by atomic mass is 16.5. The summed E-state index contributed by atoms with van der Waals surface area (Å²) in [5.41, 5.74) is 0.842. The number of nitrogens with one attached hydrogen (secondary N) is 1. The molecule has 5 nitrogen and oxygen atoms in total. The predicted octanol–water partition coefficient (Wildman–Crippen LogP) is 3.20. The number of carbonyl (C=O) groups is 1. The zero-order chi connectivity index (χ0) is 19.1. The maximum Gasteiger partial charge on any atom is 0.244 e. The Balaban J connectivity index is 1.88. The Morgan fingerprint density at radius 2 is 1.96 bits per heavy atom. The van der Waals surface area contributed by atoms with E-state index in [9.17, 15) is 4.79 Å².